The molecule has 0 radical (unpaired) electrons. The van der Waals surface area contributed by atoms with Crippen LogP contribution in [0.25, 0.3) is 0 Å². The molecule has 0 saturated heterocycles. The molecule has 0 aliphatic heterocycles. The quantitative estimate of drug-likeness (QED) is 0.816. The van der Waals surface area contributed by atoms with Gasteiger partial charge in [0.25, 0.3) is 0 Å². The first-order valence-corrected chi connectivity index (χ1v) is 6.74. The summed E-state index contributed by atoms with van der Waals surface area (Å²) in [5.41, 5.74) is 8.30. The second-order valence-electron chi connectivity index (χ2n) is 5.35. The number of hydrogen-bond donors (Lipinski definition) is 1. The molecule has 2 N–H and O–H groups in total. The summed E-state index contributed by atoms with van der Waals surface area (Å²) in [6.07, 6.45) is 5.28. The second kappa shape index (κ2) is 6.18. The maximum atomic E-state index is 5.55. The minimum Gasteiger partial charge on any atom is -0.330 e. The van der Waals surface area contributed by atoms with Gasteiger partial charge in [-0.3, -0.25) is 0 Å². The van der Waals surface area contributed by atoms with Crippen molar-refractivity contribution < 1.29 is 0 Å². The molecule has 0 spiro atoms. The molecule has 0 heterocycles. The molecule has 1 aromatic rings. The van der Waals surface area contributed by atoms with Crippen LogP contribution in [-0.4, -0.2) is 25.0 Å². The highest BCUT2D eigenvalue weighted by molar-refractivity contribution is 5.22. The van der Waals surface area contributed by atoms with Crippen molar-refractivity contribution in [3.63, 3.8) is 0 Å². The summed E-state index contributed by atoms with van der Waals surface area (Å²) in [6.45, 7) is 3.06. The van der Waals surface area contributed by atoms with Crippen LogP contribution < -0.4 is 5.73 Å². The van der Waals surface area contributed by atoms with Crippen molar-refractivity contribution in [1.29, 1.82) is 0 Å². The zero-order chi connectivity index (χ0) is 12.1. The van der Waals surface area contributed by atoms with Crippen molar-refractivity contribution in [1.82, 2.24) is 4.90 Å². The van der Waals surface area contributed by atoms with Gasteiger partial charge in [-0.1, -0.05) is 30.7 Å². The van der Waals surface area contributed by atoms with Crippen LogP contribution >= 0.6 is 0 Å². The molecule has 17 heavy (non-hydrogen) atoms. The summed E-state index contributed by atoms with van der Waals surface area (Å²) in [5.74, 6) is 0.955. The van der Waals surface area contributed by atoms with E-state index in [1.807, 2.05) is 0 Å². The van der Waals surface area contributed by atoms with Gasteiger partial charge in [0.05, 0.1) is 0 Å². The highest BCUT2D eigenvalue weighted by Crippen LogP contribution is 2.27. The summed E-state index contributed by atoms with van der Waals surface area (Å²) in [7, 11) is 2.23. The first-order valence-electron chi connectivity index (χ1n) is 6.74. The van der Waals surface area contributed by atoms with Gasteiger partial charge < -0.3 is 10.6 Å². The summed E-state index contributed by atoms with van der Waals surface area (Å²) in [4.78, 5) is 2.45. The molecule has 94 valence electrons. The van der Waals surface area contributed by atoms with E-state index in [0.29, 0.717) is 0 Å². The Morgan fingerprint density at radius 1 is 1.18 bits per heavy atom. The first kappa shape index (κ1) is 12.6. The molecule has 1 aromatic carbocycles. The van der Waals surface area contributed by atoms with Gasteiger partial charge >= 0.3 is 0 Å². The maximum absolute atomic E-state index is 5.55. The van der Waals surface area contributed by atoms with E-state index in [1.165, 1.54) is 36.9 Å². The van der Waals surface area contributed by atoms with Gasteiger partial charge in [-0.2, -0.15) is 0 Å². The van der Waals surface area contributed by atoms with Crippen LogP contribution in [-0.2, 0) is 13.0 Å². The van der Waals surface area contributed by atoms with E-state index in [9.17, 15) is 0 Å². The Labute approximate surface area is 105 Å². The Hall–Kier alpha value is -0.860. The average Bonchev–Trinajstić information content (AvgIpc) is 2.27. The lowest BCUT2D eigenvalue weighted by Crippen LogP contribution is -2.29. The van der Waals surface area contributed by atoms with Gasteiger partial charge in [0.1, 0.15) is 0 Å². The molecular weight excluding hydrogens is 208 g/mol. The molecule has 0 unspecified atom stereocenters. The zero-order valence-corrected chi connectivity index (χ0v) is 10.9. The van der Waals surface area contributed by atoms with Crippen molar-refractivity contribution in [3.05, 3.63) is 35.4 Å². The number of hydrogen-bond acceptors (Lipinski definition) is 2. The van der Waals surface area contributed by atoms with Gasteiger partial charge in [-0.15, -0.1) is 0 Å². The van der Waals surface area contributed by atoms with Crippen molar-refractivity contribution in [2.24, 2.45) is 11.7 Å². The molecule has 1 fully saturated rings. The fourth-order valence-corrected chi connectivity index (χ4v) is 2.47. The molecule has 0 aromatic heterocycles. The molecule has 0 atom stereocenters. The standard InChI is InChI=1S/C15H24N2/c1-17(11-14-3-2-4-14)12-15-7-5-13(6-8-15)9-10-16/h5-8,14H,2-4,9-12,16H2,1H3. The van der Waals surface area contributed by atoms with Crippen molar-refractivity contribution >= 4 is 0 Å². The van der Waals surface area contributed by atoms with E-state index in [2.05, 4.69) is 36.2 Å². The molecule has 2 rings (SSSR count). The van der Waals surface area contributed by atoms with E-state index >= 15 is 0 Å². The predicted octanol–water partition coefficient (Wildman–Crippen LogP) is 2.42. The molecule has 1 aliphatic carbocycles. The maximum Gasteiger partial charge on any atom is 0.0230 e. The lowest BCUT2D eigenvalue weighted by atomic mass is 9.85. The number of benzene rings is 1. The minimum atomic E-state index is 0.737. The van der Waals surface area contributed by atoms with Gasteiger partial charge in [-0.05, 0) is 49.9 Å². The Kier molecular flexibility index (Phi) is 4.57. The van der Waals surface area contributed by atoms with Crippen LogP contribution in [0.4, 0.5) is 0 Å². The Morgan fingerprint density at radius 3 is 2.35 bits per heavy atom. The number of nitrogens with zero attached hydrogens (tertiary/aromatic N) is 1. The zero-order valence-electron chi connectivity index (χ0n) is 10.9. The fourth-order valence-electron chi connectivity index (χ4n) is 2.47. The van der Waals surface area contributed by atoms with Gasteiger partial charge in [0.15, 0.2) is 0 Å². The van der Waals surface area contributed by atoms with Crippen molar-refractivity contribution in [2.45, 2.75) is 32.2 Å². The smallest absolute Gasteiger partial charge is 0.0230 e. The van der Waals surface area contributed by atoms with Crippen LogP contribution in [0.3, 0.4) is 0 Å². The first-order chi connectivity index (χ1) is 8.28. The summed E-state index contributed by atoms with van der Waals surface area (Å²) in [6, 6.07) is 8.89. The minimum absolute atomic E-state index is 0.737. The van der Waals surface area contributed by atoms with Crippen molar-refractivity contribution in [2.75, 3.05) is 20.1 Å². The molecule has 0 bridgehead atoms. The third kappa shape index (κ3) is 3.83. The van der Waals surface area contributed by atoms with Crippen LogP contribution in [0.5, 0.6) is 0 Å². The monoisotopic (exact) mass is 232 g/mol. The van der Waals surface area contributed by atoms with Crippen LogP contribution in [0.15, 0.2) is 24.3 Å². The van der Waals surface area contributed by atoms with E-state index in [0.717, 1.165) is 25.4 Å². The molecule has 2 nitrogen and oxygen atoms in total. The summed E-state index contributed by atoms with van der Waals surface area (Å²) >= 11 is 0. The highest BCUT2D eigenvalue weighted by atomic mass is 15.1. The van der Waals surface area contributed by atoms with Crippen LogP contribution in [0, 0.1) is 5.92 Å². The molecule has 2 heteroatoms. The number of rotatable bonds is 6. The van der Waals surface area contributed by atoms with Crippen molar-refractivity contribution in [3.8, 4) is 0 Å². The molecule has 1 aliphatic rings. The van der Waals surface area contributed by atoms with Crippen LogP contribution in [0.1, 0.15) is 30.4 Å². The van der Waals surface area contributed by atoms with Crippen LogP contribution in [0.2, 0.25) is 0 Å². The molecule has 0 amide bonds. The molecule has 1 saturated carbocycles. The Bertz CT molecular complexity index is 327. The third-order valence-electron chi connectivity index (χ3n) is 3.70. The highest BCUT2D eigenvalue weighted by Gasteiger charge is 2.18. The Balaban J connectivity index is 1.80. The SMILES string of the molecule is CN(Cc1ccc(CCN)cc1)CC1CCC1. The summed E-state index contributed by atoms with van der Waals surface area (Å²) in [5, 5.41) is 0. The largest absolute Gasteiger partial charge is 0.330 e. The average molecular weight is 232 g/mol. The van der Waals surface area contributed by atoms with E-state index in [4.69, 9.17) is 5.73 Å². The topological polar surface area (TPSA) is 29.3 Å². The lowest BCUT2D eigenvalue weighted by Gasteiger charge is -2.30. The van der Waals surface area contributed by atoms with E-state index < -0.39 is 0 Å². The van der Waals surface area contributed by atoms with E-state index in [1.54, 1.807) is 0 Å². The van der Waals surface area contributed by atoms with Gasteiger partial charge in [0, 0.05) is 13.1 Å². The third-order valence-corrected chi connectivity index (χ3v) is 3.70. The number of nitrogens with two attached hydrogens (primary N) is 1. The Morgan fingerprint density at radius 2 is 1.82 bits per heavy atom. The predicted molar refractivity (Wildman–Crippen MR) is 72.9 cm³/mol. The second-order valence-corrected chi connectivity index (χ2v) is 5.35. The normalized spacial score (nSPS) is 16.2. The lowest BCUT2D eigenvalue weighted by molar-refractivity contribution is 0.200. The van der Waals surface area contributed by atoms with Gasteiger partial charge in [0.2, 0.25) is 0 Å². The summed E-state index contributed by atoms with van der Waals surface area (Å²) < 4.78 is 0. The fraction of sp³-hybridized carbons (Fsp3) is 0.600. The van der Waals surface area contributed by atoms with Gasteiger partial charge in [-0.25, -0.2) is 0 Å². The molecular formula is C15H24N2. The van der Waals surface area contributed by atoms with E-state index in [-0.39, 0.29) is 0 Å².